The van der Waals surface area contributed by atoms with Crippen LogP contribution in [0.1, 0.15) is 43.7 Å². The highest BCUT2D eigenvalue weighted by Crippen LogP contribution is 2.44. The minimum Gasteiger partial charge on any atom is -0.349 e. The summed E-state index contributed by atoms with van der Waals surface area (Å²) in [7, 11) is 0. The van der Waals surface area contributed by atoms with Gasteiger partial charge in [0.2, 0.25) is 5.91 Å². The van der Waals surface area contributed by atoms with Gasteiger partial charge in [0.05, 0.1) is 18.1 Å². The molecule has 1 amide bonds. The van der Waals surface area contributed by atoms with Crippen LogP contribution in [0.2, 0.25) is 0 Å². The van der Waals surface area contributed by atoms with Crippen molar-refractivity contribution in [2.45, 2.75) is 56.7 Å². The van der Waals surface area contributed by atoms with Crippen molar-refractivity contribution in [2.75, 3.05) is 6.61 Å². The molecule has 0 N–H and O–H groups in total. The quantitative estimate of drug-likeness (QED) is 0.696. The molecule has 1 unspecified atom stereocenters. The molecule has 1 aliphatic carbocycles. The Morgan fingerprint density at radius 2 is 1.69 bits per heavy atom. The molecule has 1 saturated heterocycles. The van der Waals surface area contributed by atoms with E-state index in [0.717, 1.165) is 43.1 Å². The summed E-state index contributed by atoms with van der Waals surface area (Å²) in [6.45, 7) is 2.46. The first-order chi connectivity index (χ1) is 14.1. The number of hydrogen-bond donors (Lipinski definition) is 0. The lowest BCUT2D eigenvalue weighted by Crippen LogP contribution is -2.54. The lowest BCUT2D eigenvalue weighted by molar-refractivity contribution is -0.149. The van der Waals surface area contributed by atoms with Gasteiger partial charge >= 0.3 is 0 Å². The molecule has 0 radical (unpaired) electrons. The summed E-state index contributed by atoms with van der Waals surface area (Å²) in [4.78, 5) is 27.6. The molecule has 4 nitrogen and oxygen atoms in total. The Kier molecular flexibility index (Phi) is 5.81. The number of benzene rings is 2. The summed E-state index contributed by atoms with van der Waals surface area (Å²) < 4.78 is 5.75. The summed E-state index contributed by atoms with van der Waals surface area (Å²) >= 11 is 0. The first kappa shape index (κ1) is 19.8. The monoisotopic (exact) mass is 391 g/mol. The number of ether oxygens (including phenoxy) is 1. The maximum Gasteiger partial charge on any atom is 0.235 e. The zero-order valence-electron chi connectivity index (χ0n) is 17.0. The third-order valence-corrected chi connectivity index (χ3v) is 6.78. The van der Waals surface area contributed by atoms with Gasteiger partial charge in [-0.25, -0.2) is 0 Å². The van der Waals surface area contributed by atoms with Gasteiger partial charge in [-0.05, 0) is 43.2 Å². The van der Waals surface area contributed by atoms with Crippen LogP contribution in [0.4, 0.5) is 0 Å². The average molecular weight is 392 g/mol. The predicted molar refractivity (Wildman–Crippen MR) is 112 cm³/mol. The molecule has 2 aliphatic rings. The second-order valence-electron chi connectivity index (χ2n) is 8.47. The standard InChI is InChI=1S/C25H29NO3/c1-25(21-14-8-9-15-21,20-12-6-3-7-13-20)24(28)26-22(18-29-23(26)17-27)16-19-10-4-2-5-11-19/h2-7,10-13,17,21-23H,8-9,14-16,18H2,1H3/t22-,23?,25+/m1/s1. The van der Waals surface area contributed by atoms with E-state index in [1.54, 1.807) is 4.90 Å². The summed E-state index contributed by atoms with van der Waals surface area (Å²) in [6, 6.07) is 20.0. The topological polar surface area (TPSA) is 46.6 Å². The predicted octanol–water partition coefficient (Wildman–Crippen LogP) is 4.13. The summed E-state index contributed by atoms with van der Waals surface area (Å²) in [5.41, 5.74) is 1.53. The number of amides is 1. The van der Waals surface area contributed by atoms with Crippen LogP contribution >= 0.6 is 0 Å². The Labute approximate surface area is 172 Å². The molecule has 152 valence electrons. The zero-order valence-corrected chi connectivity index (χ0v) is 17.0. The molecule has 4 heteroatoms. The minimum atomic E-state index is -0.805. The highest BCUT2D eigenvalue weighted by atomic mass is 16.5. The van der Waals surface area contributed by atoms with Crippen LogP contribution in [-0.4, -0.2) is 36.0 Å². The number of hydrogen-bond acceptors (Lipinski definition) is 3. The van der Waals surface area contributed by atoms with Gasteiger partial charge < -0.3 is 9.64 Å². The van der Waals surface area contributed by atoms with Gasteiger partial charge in [-0.2, -0.15) is 0 Å². The molecule has 1 saturated carbocycles. The molecule has 1 aliphatic heterocycles. The second-order valence-corrected chi connectivity index (χ2v) is 8.47. The SMILES string of the molecule is C[C@](C(=O)N1C(C=O)OC[C@H]1Cc1ccccc1)(c1ccccc1)C1CCCC1. The fourth-order valence-corrected chi connectivity index (χ4v) is 5.10. The summed E-state index contributed by atoms with van der Waals surface area (Å²) in [5.74, 6) is 0.300. The van der Waals surface area contributed by atoms with Crippen molar-refractivity contribution in [2.24, 2.45) is 5.92 Å². The lowest BCUT2D eigenvalue weighted by atomic mass is 9.69. The molecule has 0 bridgehead atoms. The largest absolute Gasteiger partial charge is 0.349 e. The molecule has 2 aromatic carbocycles. The highest BCUT2D eigenvalue weighted by Gasteiger charge is 2.50. The van der Waals surface area contributed by atoms with E-state index in [1.165, 1.54) is 0 Å². The van der Waals surface area contributed by atoms with E-state index in [9.17, 15) is 9.59 Å². The van der Waals surface area contributed by atoms with Crippen LogP contribution in [0.25, 0.3) is 0 Å². The number of nitrogens with zero attached hydrogens (tertiary/aromatic N) is 1. The molecule has 1 heterocycles. The van der Waals surface area contributed by atoms with E-state index in [-0.39, 0.29) is 17.9 Å². The normalized spacial score (nSPS) is 24.4. The van der Waals surface area contributed by atoms with Crippen molar-refractivity contribution in [3.05, 3.63) is 71.8 Å². The molecule has 29 heavy (non-hydrogen) atoms. The van der Waals surface area contributed by atoms with Crippen molar-refractivity contribution in [3.63, 3.8) is 0 Å². The Morgan fingerprint density at radius 3 is 2.31 bits per heavy atom. The molecule has 2 fully saturated rings. The van der Waals surface area contributed by atoms with Crippen molar-refractivity contribution >= 4 is 12.2 Å². The Morgan fingerprint density at radius 1 is 1.07 bits per heavy atom. The van der Waals surface area contributed by atoms with Crippen LogP contribution in [0, 0.1) is 5.92 Å². The zero-order chi connectivity index (χ0) is 20.3. The van der Waals surface area contributed by atoms with E-state index in [4.69, 9.17) is 4.74 Å². The first-order valence-corrected chi connectivity index (χ1v) is 10.6. The Bertz CT molecular complexity index is 832. The van der Waals surface area contributed by atoms with Crippen molar-refractivity contribution in [1.29, 1.82) is 0 Å². The van der Waals surface area contributed by atoms with Crippen LogP contribution < -0.4 is 0 Å². The molecule has 3 atom stereocenters. The van der Waals surface area contributed by atoms with Gasteiger partial charge in [0, 0.05) is 0 Å². The van der Waals surface area contributed by atoms with E-state index < -0.39 is 11.6 Å². The third kappa shape index (κ3) is 3.74. The molecule has 0 aromatic heterocycles. The van der Waals surface area contributed by atoms with E-state index in [2.05, 4.69) is 31.2 Å². The number of carbonyl (C=O) groups excluding carboxylic acids is 2. The minimum absolute atomic E-state index is 0.0196. The number of aldehydes is 1. The van der Waals surface area contributed by atoms with Gasteiger partial charge in [0.15, 0.2) is 12.5 Å². The van der Waals surface area contributed by atoms with Gasteiger partial charge in [-0.1, -0.05) is 73.5 Å². The number of rotatable bonds is 6. The maximum absolute atomic E-state index is 14.1. The van der Waals surface area contributed by atoms with E-state index in [0.29, 0.717) is 13.0 Å². The first-order valence-electron chi connectivity index (χ1n) is 10.6. The van der Waals surface area contributed by atoms with Crippen LogP contribution in [-0.2, 0) is 26.2 Å². The van der Waals surface area contributed by atoms with E-state index >= 15 is 0 Å². The van der Waals surface area contributed by atoms with Gasteiger partial charge in [-0.15, -0.1) is 0 Å². The molecular formula is C25H29NO3. The van der Waals surface area contributed by atoms with Crippen LogP contribution in [0.15, 0.2) is 60.7 Å². The molecule has 4 rings (SSSR count). The van der Waals surface area contributed by atoms with Gasteiger partial charge in [0.25, 0.3) is 0 Å². The number of carbonyl (C=O) groups is 2. The van der Waals surface area contributed by atoms with Crippen molar-refractivity contribution in [3.8, 4) is 0 Å². The molecular weight excluding hydrogens is 362 g/mol. The van der Waals surface area contributed by atoms with Crippen LogP contribution in [0.3, 0.4) is 0 Å². The maximum atomic E-state index is 14.1. The smallest absolute Gasteiger partial charge is 0.235 e. The third-order valence-electron chi connectivity index (χ3n) is 6.78. The summed E-state index contributed by atoms with van der Waals surface area (Å²) in [6.07, 6.45) is 5.04. The summed E-state index contributed by atoms with van der Waals surface area (Å²) in [5, 5.41) is 0. The van der Waals surface area contributed by atoms with Gasteiger partial charge in [0.1, 0.15) is 0 Å². The second kappa shape index (κ2) is 8.50. The van der Waals surface area contributed by atoms with E-state index in [1.807, 2.05) is 36.4 Å². The Balaban J connectivity index is 1.69. The molecule has 2 aromatic rings. The molecule has 0 spiro atoms. The fourth-order valence-electron chi connectivity index (χ4n) is 5.10. The van der Waals surface area contributed by atoms with Crippen molar-refractivity contribution in [1.82, 2.24) is 4.90 Å². The Hall–Kier alpha value is -2.46. The van der Waals surface area contributed by atoms with Gasteiger partial charge in [-0.3, -0.25) is 9.59 Å². The average Bonchev–Trinajstić information content (AvgIpc) is 3.44. The lowest BCUT2D eigenvalue weighted by Gasteiger charge is -2.40. The highest BCUT2D eigenvalue weighted by molar-refractivity contribution is 5.90. The fraction of sp³-hybridized carbons (Fsp3) is 0.440. The van der Waals surface area contributed by atoms with Crippen LogP contribution in [0.5, 0.6) is 0 Å². The van der Waals surface area contributed by atoms with Crippen molar-refractivity contribution < 1.29 is 14.3 Å².